The van der Waals surface area contributed by atoms with Gasteiger partial charge >= 0.3 is 0 Å². The Morgan fingerprint density at radius 1 is 1.00 bits per heavy atom. The zero-order chi connectivity index (χ0) is 31.1. The monoisotopic (exact) mass is 599 g/mol. The SMILES string of the molecule is Cc1csc(CN(C)C(=O)c2cccc(C(=O)N[C@@H](Cc3ccccc3)[C@H](O)CN(C)c3cc(C(C)C)cnc3C)c2)n1. The zero-order valence-electron chi connectivity index (χ0n) is 25.7. The van der Waals surface area contributed by atoms with Gasteiger partial charge in [-0.15, -0.1) is 11.3 Å². The summed E-state index contributed by atoms with van der Waals surface area (Å²) >= 11 is 1.51. The second-order valence-corrected chi connectivity index (χ2v) is 12.3. The number of nitrogens with one attached hydrogen (secondary N) is 1. The molecule has 0 fully saturated rings. The van der Waals surface area contributed by atoms with Gasteiger partial charge in [0.1, 0.15) is 5.01 Å². The molecule has 0 radical (unpaired) electrons. The van der Waals surface area contributed by atoms with Crippen LogP contribution < -0.4 is 10.2 Å². The number of aliphatic hydroxyl groups is 1. The van der Waals surface area contributed by atoms with Gasteiger partial charge in [-0.1, -0.05) is 50.2 Å². The number of thiazole rings is 1. The largest absolute Gasteiger partial charge is 0.389 e. The fourth-order valence-electron chi connectivity index (χ4n) is 4.91. The quantitative estimate of drug-likeness (QED) is 0.227. The Kier molecular flexibility index (Phi) is 10.7. The Hall–Kier alpha value is -4.08. The van der Waals surface area contributed by atoms with Gasteiger partial charge in [-0.05, 0) is 61.6 Å². The lowest BCUT2D eigenvalue weighted by Gasteiger charge is -2.30. The van der Waals surface area contributed by atoms with Gasteiger partial charge in [0.05, 0.1) is 30.1 Å². The summed E-state index contributed by atoms with van der Waals surface area (Å²) in [7, 11) is 3.65. The van der Waals surface area contributed by atoms with Crippen molar-refractivity contribution in [2.45, 2.75) is 58.7 Å². The second kappa shape index (κ2) is 14.4. The molecule has 226 valence electrons. The van der Waals surface area contributed by atoms with Crippen molar-refractivity contribution >= 4 is 28.8 Å². The third-order valence-electron chi connectivity index (χ3n) is 7.46. The highest BCUT2D eigenvalue weighted by Crippen LogP contribution is 2.24. The minimum absolute atomic E-state index is 0.197. The average molecular weight is 600 g/mol. The molecule has 2 N–H and O–H groups in total. The van der Waals surface area contributed by atoms with E-state index in [0.717, 1.165) is 33.2 Å². The first-order chi connectivity index (χ1) is 20.5. The normalized spacial score (nSPS) is 12.6. The molecule has 0 aliphatic rings. The molecular formula is C34H41N5O3S. The van der Waals surface area contributed by atoms with E-state index in [1.165, 1.54) is 11.3 Å². The summed E-state index contributed by atoms with van der Waals surface area (Å²) in [5.74, 6) is -0.220. The molecule has 4 rings (SSSR count). The Morgan fingerprint density at radius 2 is 1.72 bits per heavy atom. The van der Waals surface area contributed by atoms with Crippen LogP contribution in [0, 0.1) is 13.8 Å². The summed E-state index contributed by atoms with van der Waals surface area (Å²) < 4.78 is 0. The number of likely N-dealkylation sites (N-methyl/N-ethyl adjacent to an activating group) is 1. The number of hydrogen-bond acceptors (Lipinski definition) is 7. The van der Waals surface area contributed by atoms with Crippen LogP contribution in [-0.4, -0.2) is 64.6 Å². The third-order valence-corrected chi connectivity index (χ3v) is 8.41. The van der Waals surface area contributed by atoms with Gasteiger partial charge in [0.25, 0.3) is 11.8 Å². The molecule has 2 aromatic heterocycles. The lowest BCUT2D eigenvalue weighted by atomic mass is 9.99. The zero-order valence-corrected chi connectivity index (χ0v) is 26.6. The van der Waals surface area contributed by atoms with Crippen LogP contribution in [0.5, 0.6) is 0 Å². The molecular weight excluding hydrogens is 558 g/mol. The van der Waals surface area contributed by atoms with E-state index in [9.17, 15) is 14.7 Å². The maximum atomic E-state index is 13.5. The Labute approximate surface area is 258 Å². The number of amides is 2. The molecule has 0 bridgehead atoms. The maximum Gasteiger partial charge on any atom is 0.253 e. The summed E-state index contributed by atoms with van der Waals surface area (Å²) in [4.78, 5) is 39.3. The average Bonchev–Trinajstić information content (AvgIpc) is 3.40. The fourth-order valence-corrected chi connectivity index (χ4v) is 5.74. The van der Waals surface area contributed by atoms with Crippen LogP contribution in [-0.2, 0) is 13.0 Å². The minimum Gasteiger partial charge on any atom is -0.389 e. The van der Waals surface area contributed by atoms with Crippen LogP contribution in [0.15, 0.2) is 72.2 Å². The Balaban J connectivity index is 1.51. The number of pyridine rings is 1. The number of carbonyl (C=O) groups is 2. The maximum absolute atomic E-state index is 13.5. The summed E-state index contributed by atoms with van der Waals surface area (Å²) in [5, 5.41) is 17.3. The Bertz CT molecular complexity index is 1540. The first-order valence-electron chi connectivity index (χ1n) is 14.5. The smallest absolute Gasteiger partial charge is 0.253 e. The highest BCUT2D eigenvalue weighted by atomic mass is 32.1. The van der Waals surface area contributed by atoms with Crippen LogP contribution in [0.25, 0.3) is 0 Å². The van der Waals surface area contributed by atoms with E-state index in [-0.39, 0.29) is 11.8 Å². The van der Waals surface area contributed by atoms with Gasteiger partial charge in [0, 0.05) is 49.0 Å². The van der Waals surface area contributed by atoms with E-state index in [1.54, 1.807) is 36.2 Å². The molecule has 9 heteroatoms. The van der Waals surface area contributed by atoms with Crippen molar-refractivity contribution in [3.63, 3.8) is 0 Å². The highest BCUT2D eigenvalue weighted by Gasteiger charge is 2.25. The van der Waals surface area contributed by atoms with Gasteiger partial charge in [-0.3, -0.25) is 14.6 Å². The molecule has 0 aliphatic heterocycles. The van der Waals surface area contributed by atoms with Gasteiger partial charge in [-0.2, -0.15) is 0 Å². The van der Waals surface area contributed by atoms with Crippen LogP contribution in [0.4, 0.5) is 5.69 Å². The molecule has 0 spiro atoms. The molecule has 0 saturated heterocycles. The topological polar surface area (TPSA) is 98.7 Å². The van der Waals surface area contributed by atoms with E-state index < -0.39 is 12.1 Å². The van der Waals surface area contributed by atoms with Gasteiger partial charge in [0.2, 0.25) is 0 Å². The van der Waals surface area contributed by atoms with Crippen LogP contribution in [0.2, 0.25) is 0 Å². The predicted molar refractivity (Wildman–Crippen MR) is 173 cm³/mol. The summed E-state index contributed by atoms with van der Waals surface area (Å²) in [6.07, 6.45) is 1.45. The minimum atomic E-state index is -0.881. The predicted octanol–water partition coefficient (Wildman–Crippen LogP) is 5.39. The first-order valence-corrected chi connectivity index (χ1v) is 15.4. The number of aryl methyl sites for hydroxylation is 2. The third kappa shape index (κ3) is 8.49. The van der Waals surface area contributed by atoms with E-state index in [0.29, 0.717) is 36.6 Å². The number of nitrogens with zero attached hydrogens (tertiary/aromatic N) is 4. The van der Waals surface area contributed by atoms with Gasteiger partial charge in [0.15, 0.2) is 0 Å². The van der Waals surface area contributed by atoms with Crippen LogP contribution >= 0.6 is 11.3 Å². The number of hydrogen-bond donors (Lipinski definition) is 2. The standard InChI is InChI=1S/C34H41N5O3S/c1-22(2)28-17-30(24(4)35-18-28)38(5)19-31(40)29(15-25-11-8-7-9-12-25)37-33(41)26-13-10-14-27(16-26)34(42)39(6)20-32-36-23(3)21-43-32/h7-14,16-18,21-22,29,31,40H,15,19-20H2,1-6H3,(H,37,41)/t29-,31+/m0/s1. The highest BCUT2D eigenvalue weighted by molar-refractivity contribution is 7.09. The molecule has 2 atom stereocenters. The Morgan fingerprint density at radius 3 is 2.40 bits per heavy atom. The number of aliphatic hydroxyl groups excluding tert-OH is 1. The lowest BCUT2D eigenvalue weighted by molar-refractivity contribution is 0.0784. The molecule has 2 aromatic carbocycles. The number of benzene rings is 2. The van der Waals surface area contributed by atoms with Crippen molar-refractivity contribution in [3.05, 3.63) is 111 Å². The van der Waals surface area contributed by atoms with Crippen molar-refractivity contribution in [1.29, 1.82) is 0 Å². The molecule has 8 nitrogen and oxygen atoms in total. The van der Waals surface area contributed by atoms with Crippen molar-refractivity contribution in [2.24, 2.45) is 0 Å². The second-order valence-electron chi connectivity index (χ2n) is 11.4. The number of carbonyl (C=O) groups excluding carboxylic acids is 2. The molecule has 43 heavy (non-hydrogen) atoms. The molecule has 4 aromatic rings. The van der Waals surface area contributed by atoms with E-state index >= 15 is 0 Å². The van der Waals surface area contributed by atoms with Gasteiger partial charge in [-0.25, -0.2) is 4.98 Å². The number of aromatic nitrogens is 2. The molecule has 0 aliphatic carbocycles. The van der Waals surface area contributed by atoms with Crippen molar-refractivity contribution in [2.75, 3.05) is 25.5 Å². The van der Waals surface area contributed by atoms with E-state index in [1.807, 2.05) is 67.7 Å². The summed E-state index contributed by atoms with van der Waals surface area (Å²) in [5.41, 5.74) is 5.63. The fraction of sp³-hybridized carbons (Fsp3) is 0.353. The molecule has 0 saturated carbocycles. The van der Waals surface area contributed by atoms with E-state index in [4.69, 9.17) is 0 Å². The molecule has 0 unspecified atom stereocenters. The molecule has 2 heterocycles. The van der Waals surface area contributed by atoms with Crippen molar-refractivity contribution in [1.82, 2.24) is 20.2 Å². The van der Waals surface area contributed by atoms with Crippen LogP contribution in [0.3, 0.4) is 0 Å². The number of anilines is 1. The van der Waals surface area contributed by atoms with Gasteiger partial charge < -0.3 is 20.2 Å². The summed E-state index contributed by atoms with van der Waals surface area (Å²) in [6, 6.07) is 18.0. The van der Waals surface area contributed by atoms with E-state index in [2.05, 4.69) is 35.2 Å². The molecule has 2 amide bonds. The first kappa shape index (κ1) is 31.8. The van der Waals surface area contributed by atoms with Crippen molar-refractivity contribution in [3.8, 4) is 0 Å². The lowest BCUT2D eigenvalue weighted by Crippen LogP contribution is -2.49. The summed E-state index contributed by atoms with van der Waals surface area (Å²) in [6.45, 7) is 8.81. The number of rotatable bonds is 12. The van der Waals surface area contributed by atoms with Crippen LogP contribution in [0.1, 0.15) is 68.0 Å². The van der Waals surface area contributed by atoms with Crippen molar-refractivity contribution < 1.29 is 14.7 Å².